The largest absolute Gasteiger partial charge is 0.434 e. The molecule has 0 N–H and O–H groups in total. The van der Waals surface area contributed by atoms with E-state index in [-0.39, 0.29) is 34.1 Å². The average Bonchev–Trinajstić information content (AvgIpc) is 3.34. The van der Waals surface area contributed by atoms with E-state index in [1.165, 1.54) is 41.4 Å². The normalized spacial score (nSPS) is 11.9. The Morgan fingerprint density at radius 1 is 0.838 bits per heavy atom. The van der Waals surface area contributed by atoms with Crippen LogP contribution in [0.25, 0.3) is 50.4 Å². The molecule has 0 saturated heterocycles. The standard InChI is InChI=1S/C27H14F4N4O2/c28-20-5-1-3-17-13-18(14-33-21(17)20)25-34-24(35-12-10-15-4-2-11-32-22(15)26(35)36)23(37-25)16-6-8-19(9-7-16)27(29,30)31/h1-14H. The molecule has 0 amide bonds. The molecule has 0 atom stereocenters. The molecule has 6 nitrogen and oxygen atoms in total. The molecule has 0 unspecified atom stereocenters. The maximum absolute atomic E-state index is 14.1. The van der Waals surface area contributed by atoms with Gasteiger partial charge in [0.1, 0.15) is 16.9 Å². The number of fused-ring (bicyclic) bond motifs is 2. The molecule has 37 heavy (non-hydrogen) atoms. The van der Waals surface area contributed by atoms with Crippen molar-refractivity contribution in [3.63, 3.8) is 0 Å². The number of nitrogens with zero attached hydrogens (tertiary/aromatic N) is 4. The number of para-hydroxylation sites is 1. The maximum Gasteiger partial charge on any atom is 0.416 e. The van der Waals surface area contributed by atoms with Crippen LogP contribution in [0.2, 0.25) is 0 Å². The number of hydrogen-bond donors (Lipinski definition) is 0. The van der Waals surface area contributed by atoms with Crippen LogP contribution in [-0.4, -0.2) is 19.5 Å². The van der Waals surface area contributed by atoms with Crippen molar-refractivity contribution < 1.29 is 22.0 Å². The van der Waals surface area contributed by atoms with Gasteiger partial charge in [-0.05, 0) is 36.4 Å². The SMILES string of the molecule is O=c1c2ncccc2ccn1-c1nc(-c2cnc3c(F)cccc3c2)oc1-c1ccc(C(F)(F)F)cc1. The maximum atomic E-state index is 14.1. The van der Waals surface area contributed by atoms with E-state index in [2.05, 4.69) is 15.0 Å². The van der Waals surface area contributed by atoms with Gasteiger partial charge >= 0.3 is 6.18 Å². The highest BCUT2D eigenvalue weighted by Crippen LogP contribution is 2.35. The Morgan fingerprint density at radius 3 is 2.41 bits per heavy atom. The van der Waals surface area contributed by atoms with Crippen molar-refractivity contribution in [3.8, 4) is 28.6 Å². The third kappa shape index (κ3) is 3.92. The van der Waals surface area contributed by atoms with Crippen molar-refractivity contribution in [1.82, 2.24) is 19.5 Å². The Bertz CT molecular complexity index is 1860. The molecule has 182 valence electrons. The van der Waals surface area contributed by atoms with Crippen molar-refractivity contribution in [2.45, 2.75) is 6.18 Å². The van der Waals surface area contributed by atoms with E-state index in [0.717, 1.165) is 12.1 Å². The van der Waals surface area contributed by atoms with E-state index < -0.39 is 23.1 Å². The Morgan fingerprint density at radius 2 is 1.62 bits per heavy atom. The van der Waals surface area contributed by atoms with Gasteiger partial charge in [-0.2, -0.15) is 18.2 Å². The number of hydrogen-bond acceptors (Lipinski definition) is 5. The summed E-state index contributed by atoms with van der Waals surface area (Å²) >= 11 is 0. The van der Waals surface area contributed by atoms with Gasteiger partial charge in [-0.1, -0.05) is 30.3 Å². The number of benzene rings is 2. The fourth-order valence-corrected chi connectivity index (χ4v) is 4.07. The Kier molecular flexibility index (Phi) is 5.11. The first-order chi connectivity index (χ1) is 17.8. The van der Waals surface area contributed by atoms with E-state index in [4.69, 9.17) is 4.42 Å². The average molecular weight is 502 g/mol. The number of oxazole rings is 1. The molecular weight excluding hydrogens is 488 g/mol. The van der Waals surface area contributed by atoms with Gasteiger partial charge in [-0.25, -0.2) is 4.39 Å². The second-order valence-corrected chi connectivity index (χ2v) is 8.21. The second-order valence-electron chi connectivity index (χ2n) is 8.21. The van der Waals surface area contributed by atoms with Gasteiger partial charge in [-0.3, -0.25) is 19.3 Å². The molecule has 6 rings (SSSR count). The number of halogens is 4. The molecule has 4 aromatic heterocycles. The zero-order chi connectivity index (χ0) is 25.7. The van der Waals surface area contributed by atoms with Crippen LogP contribution >= 0.6 is 0 Å². The van der Waals surface area contributed by atoms with Gasteiger partial charge in [-0.15, -0.1) is 0 Å². The topological polar surface area (TPSA) is 73.8 Å². The molecule has 0 fully saturated rings. The lowest BCUT2D eigenvalue weighted by Crippen LogP contribution is -2.19. The molecule has 4 heterocycles. The van der Waals surface area contributed by atoms with Gasteiger partial charge in [0, 0.05) is 34.9 Å². The molecule has 0 bridgehead atoms. The molecule has 0 aliphatic carbocycles. The fraction of sp³-hybridized carbons (Fsp3) is 0.0370. The highest BCUT2D eigenvalue weighted by atomic mass is 19.4. The summed E-state index contributed by atoms with van der Waals surface area (Å²) in [6, 6.07) is 15.6. The van der Waals surface area contributed by atoms with Gasteiger partial charge in [0.25, 0.3) is 5.56 Å². The molecule has 2 aromatic carbocycles. The summed E-state index contributed by atoms with van der Waals surface area (Å²) in [5.74, 6) is -0.304. The van der Waals surface area contributed by atoms with E-state index in [1.807, 2.05) is 0 Å². The highest BCUT2D eigenvalue weighted by Gasteiger charge is 2.30. The Balaban J connectivity index is 1.57. The van der Waals surface area contributed by atoms with Crippen LogP contribution in [0.3, 0.4) is 0 Å². The van der Waals surface area contributed by atoms with Crippen molar-refractivity contribution in [3.05, 3.63) is 107 Å². The van der Waals surface area contributed by atoms with Crippen molar-refractivity contribution in [2.75, 3.05) is 0 Å². The molecule has 6 aromatic rings. The number of rotatable bonds is 3. The lowest BCUT2D eigenvalue weighted by atomic mass is 10.1. The lowest BCUT2D eigenvalue weighted by molar-refractivity contribution is -0.137. The number of alkyl halides is 3. The van der Waals surface area contributed by atoms with Crippen LogP contribution in [0.1, 0.15) is 5.56 Å². The minimum absolute atomic E-state index is 0.0524. The van der Waals surface area contributed by atoms with Crippen LogP contribution in [0.4, 0.5) is 17.6 Å². The van der Waals surface area contributed by atoms with Crippen molar-refractivity contribution in [2.24, 2.45) is 0 Å². The quantitative estimate of drug-likeness (QED) is 0.261. The van der Waals surface area contributed by atoms with E-state index in [9.17, 15) is 22.4 Å². The van der Waals surface area contributed by atoms with Crippen LogP contribution in [0.15, 0.2) is 94.5 Å². The summed E-state index contributed by atoms with van der Waals surface area (Å²) in [4.78, 5) is 26.1. The summed E-state index contributed by atoms with van der Waals surface area (Å²) in [7, 11) is 0. The molecule has 0 aliphatic heterocycles. The van der Waals surface area contributed by atoms with Crippen LogP contribution in [0, 0.1) is 5.82 Å². The van der Waals surface area contributed by atoms with Crippen LogP contribution < -0.4 is 5.56 Å². The zero-order valence-corrected chi connectivity index (χ0v) is 18.7. The number of pyridine rings is 3. The van der Waals surface area contributed by atoms with Crippen LogP contribution in [0.5, 0.6) is 0 Å². The molecule has 0 aliphatic rings. The van der Waals surface area contributed by atoms with E-state index in [0.29, 0.717) is 16.3 Å². The molecule has 10 heteroatoms. The van der Waals surface area contributed by atoms with Crippen molar-refractivity contribution >= 4 is 21.8 Å². The minimum atomic E-state index is -4.51. The van der Waals surface area contributed by atoms with Gasteiger partial charge in [0.05, 0.1) is 11.1 Å². The predicted molar refractivity (Wildman–Crippen MR) is 129 cm³/mol. The van der Waals surface area contributed by atoms with Gasteiger partial charge in [0.2, 0.25) is 5.89 Å². The first kappa shape index (κ1) is 22.6. The third-order valence-corrected chi connectivity index (χ3v) is 5.88. The molecule has 0 spiro atoms. The summed E-state index contributed by atoms with van der Waals surface area (Å²) in [5.41, 5.74) is -0.289. The first-order valence-corrected chi connectivity index (χ1v) is 11.0. The summed E-state index contributed by atoms with van der Waals surface area (Å²) in [5, 5.41) is 1.12. The summed E-state index contributed by atoms with van der Waals surface area (Å²) in [6.07, 6.45) is -0.155. The Hall–Kier alpha value is -4.86. The summed E-state index contributed by atoms with van der Waals surface area (Å²) in [6.45, 7) is 0. The monoisotopic (exact) mass is 502 g/mol. The third-order valence-electron chi connectivity index (χ3n) is 5.88. The highest BCUT2D eigenvalue weighted by molar-refractivity contribution is 5.83. The summed E-state index contributed by atoms with van der Waals surface area (Å²) < 4.78 is 60.7. The van der Waals surface area contributed by atoms with Crippen LogP contribution in [-0.2, 0) is 6.18 Å². The smallest absolute Gasteiger partial charge is 0.416 e. The van der Waals surface area contributed by atoms with Crippen molar-refractivity contribution in [1.29, 1.82) is 0 Å². The first-order valence-electron chi connectivity index (χ1n) is 11.0. The van der Waals surface area contributed by atoms with Gasteiger partial charge < -0.3 is 4.42 Å². The number of aromatic nitrogens is 4. The minimum Gasteiger partial charge on any atom is -0.434 e. The predicted octanol–water partition coefficient (Wildman–Crippen LogP) is 6.41. The molecular formula is C27H14F4N4O2. The fourth-order valence-electron chi connectivity index (χ4n) is 4.07. The van der Waals surface area contributed by atoms with E-state index >= 15 is 0 Å². The lowest BCUT2D eigenvalue weighted by Gasteiger charge is -2.08. The van der Waals surface area contributed by atoms with E-state index in [1.54, 1.807) is 36.4 Å². The zero-order valence-electron chi connectivity index (χ0n) is 18.7. The molecule has 0 radical (unpaired) electrons. The Labute approximate surface area is 205 Å². The second kappa shape index (κ2) is 8.37. The van der Waals surface area contributed by atoms with Gasteiger partial charge in [0.15, 0.2) is 11.6 Å². The molecule has 0 saturated carbocycles.